The molecule has 0 bridgehead atoms. The lowest BCUT2D eigenvalue weighted by molar-refractivity contribution is -0.141. The lowest BCUT2D eigenvalue weighted by atomic mass is 9.78. The maximum absolute atomic E-state index is 13.9. The zero-order valence-electron chi connectivity index (χ0n) is 12.7. The van der Waals surface area contributed by atoms with Crippen LogP contribution in [0.2, 0.25) is 0 Å². The minimum atomic E-state index is -4.68. The van der Waals surface area contributed by atoms with E-state index in [0.717, 1.165) is 0 Å². The first-order valence-corrected chi connectivity index (χ1v) is 7.53. The van der Waals surface area contributed by atoms with E-state index in [1.165, 1.54) is 9.80 Å². The molecule has 3 rings (SSSR count). The van der Waals surface area contributed by atoms with E-state index in [-0.39, 0.29) is 11.2 Å². The molecule has 132 valence electrons. The Morgan fingerprint density at radius 1 is 1.21 bits per heavy atom. The second kappa shape index (κ2) is 5.75. The zero-order chi connectivity index (χ0) is 17.5. The molecule has 24 heavy (non-hydrogen) atoms. The summed E-state index contributed by atoms with van der Waals surface area (Å²) in [6.07, 6.45) is -3.41. The number of carbonyl (C=O) groups is 1. The standard InChI is InChI=1S/C14H16F4N4O2/c15-10-11(20-9(7-19-10)14(16,17)18)22-6-3-13(8-22)1-4-21(5-2-13)12(23)24/h7H,1-6,8H2,(H,23,24). The van der Waals surface area contributed by atoms with Gasteiger partial charge >= 0.3 is 12.3 Å². The number of rotatable bonds is 1. The predicted molar refractivity (Wildman–Crippen MR) is 75.1 cm³/mol. The van der Waals surface area contributed by atoms with Gasteiger partial charge in [-0.1, -0.05) is 0 Å². The summed E-state index contributed by atoms with van der Waals surface area (Å²) >= 11 is 0. The van der Waals surface area contributed by atoms with E-state index < -0.39 is 23.9 Å². The SMILES string of the molecule is O=C(O)N1CCC2(CC1)CCN(c1nc(C(F)(F)F)cnc1F)C2. The summed E-state index contributed by atoms with van der Waals surface area (Å²) in [5.41, 5.74) is -1.44. The Morgan fingerprint density at radius 3 is 2.42 bits per heavy atom. The number of piperidine rings is 1. The van der Waals surface area contributed by atoms with Crippen molar-refractivity contribution in [2.45, 2.75) is 25.4 Å². The molecule has 1 amide bonds. The van der Waals surface area contributed by atoms with Gasteiger partial charge in [-0.05, 0) is 24.7 Å². The fourth-order valence-electron chi connectivity index (χ4n) is 3.40. The molecule has 3 heterocycles. The van der Waals surface area contributed by atoms with Crippen molar-refractivity contribution in [2.75, 3.05) is 31.1 Å². The fourth-order valence-corrected chi connectivity index (χ4v) is 3.40. The number of likely N-dealkylation sites (tertiary alicyclic amines) is 1. The first kappa shape index (κ1) is 16.7. The molecule has 2 fully saturated rings. The van der Waals surface area contributed by atoms with Crippen LogP contribution in [0.1, 0.15) is 25.0 Å². The summed E-state index contributed by atoms with van der Waals surface area (Å²) in [4.78, 5) is 20.3. The smallest absolute Gasteiger partial charge is 0.434 e. The molecule has 1 aromatic heterocycles. The largest absolute Gasteiger partial charge is 0.465 e. The Balaban J connectivity index is 1.76. The van der Waals surface area contributed by atoms with Crippen LogP contribution < -0.4 is 4.90 Å². The summed E-state index contributed by atoms with van der Waals surface area (Å²) in [5.74, 6) is -1.41. The van der Waals surface area contributed by atoms with Gasteiger partial charge < -0.3 is 14.9 Å². The third-order valence-corrected chi connectivity index (χ3v) is 4.83. The number of hydrogen-bond donors (Lipinski definition) is 1. The van der Waals surface area contributed by atoms with Gasteiger partial charge in [0.15, 0.2) is 11.5 Å². The monoisotopic (exact) mass is 348 g/mol. The van der Waals surface area contributed by atoms with Crippen LogP contribution in [0.25, 0.3) is 0 Å². The van der Waals surface area contributed by atoms with Gasteiger partial charge in [-0.15, -0.1) is 0 Å². The number of aromatic nitrogens is 2. The van der Waals surface area contributed by atoms with Crippen LogP contribution in [0.3, 0.4) is 0 Å². The van der Waals surface area contributed by atoms with Gasteiger partial charge in [0.1, 0.15) is 0 Å². The zero-order valence-corrected chi connectivity index (χ0v) is 12.7. The Kier molecular flexibility index (Phi) is 4.00. The highest BCUT2D eigenvalue weighted by atomic mass is 19.4. The highest BCUT2D eigenvalue weighted by molar-refractivity contribution is 5.65. The van der Waals surface area contributed by atoms with Gasteiger partial charge in [-0.3, -0.25) is 0 Å². The summed E-state index contributed by atoms with van der Waals surface area (Å²) in [5, 5.41) is 8.98. The molecule has 0 unspecified atom stereocenters. The number of halogens is 4. The average Bonchev–Trinajstić information content (AvgIpc) is 2.90. The van der Waals surface area contributed by atoms with E-state index in [0.29, 0.717) is 51.6 Å². The molecule has 1 aromatic rings. The van der Waals surface area contributed by atoms with Gasteiger partial charge in [0.05, 0.1) is 6.20 Å². The second-order valence-electron chi connectivity index (χ2n) is 6.31. The van der Waals surface area contributed by atoms with E-state index in [1.807, 2.05) is 0 Å². The first-order chi connectivity index (χ1) is 11.2. The number of anilines is 1. The molecule has 2 saturated heterocycles. The first-order valence-electron chi connectivity index (χ1n) is 7.53. The van der Waals surface area contributed by atoms with Gasteiger partial charge in [-0.25, -0.2) is 14.8 Å². The Morgan fingerprint density at radius 2 is 1.83 bits per heavy atom. The molecular weight excluding hydrogens is 332 g/mol. The number of nitrogens with zero attached hydrogens (tertiary/aromatic N) is 4. The summed E-state index contributed by atoms with van der Waals surface area (Å²) in [7, 11) is 0. The van der Waals surface area contributed by atoms with Crippen molar-refractivity contribution in [3.8, 4) is 0 Å². The molecule has 1 spiro atoms. The van der Waals surface area contributed by atoms with Crippen molar-refractivity contribution >= 4 is 11.9 Å². The van der Waals surface area contributed by atoms with Crippen LogP contribution in [0, 0.1) is 11.4 Å². The van der Waals surface area contributed by atoms with Gasteiger partial charge in [-0.2, -0.15) is 17.6 Å². The third kappa shape index (κ3) is 3.09. The van der Waals surface area contributed by atoms with E-state index in [1.54, 1.807) is 0 Å². The maximum atomic E-state index is 13.9. The molecule has 0 saturated carbocycles. The number of carboxylic acid groups (broad SMARTS) is 1. The quantitative estimate of drug-likeness (QED) is 0.790. The van der Waals surface area contributed by atoms with E-state index in [2.05, 4.69) is 9.97 Å². The summed E-state index contributed by atoms with van der Waals surface area (Å²) in [6, 6.07) is 0. The molecule has 0 atom stereocenters. The van der Waals surface area contributed by atoms with Crippen molar-refractivity contribution in [1.82, 2.24) is 14.9 Å². The second-order valence-corrected chi connectivity index (χ2v) is 6.31. The van der Waals surface area contributed by atoms with E-state index >= 15 is 0 Å². The minimum absolute atomic E-state index is 0.214. The summed E-state index contributed by atoms with van der Waals surface area (Å²) in [6.45, 7) is 1.48. The van der Waals surface area contributed by atoms with E-state index in [9.17, 15) is 22.4 Å². The molecular formula is C14H16F4N4O2. The minimum Gasteiger partial charge on any atom is -0.465 e. The Hall–Kier alpha value is -2.13. The predicted octanol–water partition coefficient (Wildman–Crippen LogP) is 2.60. The van der Waals surface area contributed by atoms with Gasteiger partial charge in [0.25, 0.3) is 5.95 Å². The fraction of sp³-hybridized carbons (Fsp3) is 0.643. The number of alkyl halides is 3. The van der Waals surface area contributed by atoms with Crippen molar-refractivity contribution in [1.29, 1.82) is 0 Å². The molecule has 10 heteroatoms. The van der Waals surface area contributed by atoms with Gasteiger partial charge in [0, 0.05) is 26.2 Å². The molecule has 6 nitrogen and oxygen atoms in total. The normalized spacial score (nSPS) is 20.7. The molecule has 2 aliphatic rings. The van der Waals surface area contributed by atoms with Crippen LogP contribution >= 0.6 is 0 Å². The maximum Gasteiger partial charge on any atom is 0.434 e. The number of hydrogen-bond acceptors (Lipinski definition) is 4. The average molecular weight is 348 g/mol. The lowest BCUT2D eigenvalue weighted by Gasteiger charge is -2.38. The van der Waals surface area contributed by atoms with Crippen molar-refractivity contribution in [3.63, 3.8) is 0 Å². The van der Waals surface area contributed by atoms with Crippen molar-refractivity contribution in [2.24, 2.45) is 5.41 Å². The van der Waals surface area contributed by atoms with Crippen LogP contribution in [0.15, 0.2) is 6.20 Å². The molecule has 2 aliphatic heterocycles. The molecule has 0 aliphatic carbocycles. The van der Waals surface area contributed by atoms with Crippen molar-refractivity contribution in [3.05, 3.63) is 17.8 Å². The molecule has 1 N–H and O–H groups in total. The van der Waals surface area contributed by atoms with Gasteiger partial charge in [0.2, 0.25) is 0 Å². The molecule has 0 aromatic carbocycles. The topological polar surface area (TPSA) is 69.6 Å². The van der Waals surface area contributed by atoms with Crippen LogP contribution in [0.5, 0.6) is 0 Å². The van der Waals surface area contributed by atoms with Crippen molar-refractivity contribution < 1.29 is 27.5 Å². The van der Waals surface area contributed by atoms with Crippen LogP contribution in [-0.4, -0.2) is 52.2 Å². The Labute approximate surface area is 135 Å². The van der Waals surface area contributed by atoms with Crippen LogP contribution in [0.4, 0.5) is 28.2 Å². The molecule has 0 radical (unpaired) electrons. The lowest BCUT2D eigenvalue weighted by Crippen LogP contribution is -2.43. The van der Waals surface area contributed by atoms with Crippen LogP contribution in [-0.2, 0) is 6.18 Å². The Bertz CT molecular complexity index is 644. The highest BCUT2D eigenvalue weighted by Gasteiger charge is 2.43. The third-order valence-electron chi connectivity index (χ3n) is 4.83. The van der Waals surface area contributed by atoms with E-state index in [4.69, 9.17) is 5.11 Å². The highest BCUT2D eigenvalue weighted by Crippen LogP contribution is 2.42. The number of amides is 1. The summed E-state index contributed by atoms with van der Waals surface area (Å²) < 4.78 is 52.1.